The second-order valence-electron chi connectivity index (χ2n) is 6.19. The normalized spacial score (nSPS) is 11.1. The molecule has 6 nitrogen and oxygen atoms in total. The van der Waals surface area contributed by atoms with Crippen LogP contribution in [-0.4, -0.2) is 41.7 Å². The molecule has 1 aromatic heterocycles. The maximum atomic E-state index is 12.5. The highest BCUT2D eigenvalue weighted by Crippen LogP contribution is 2.25. The maximum Gasteiger partial charge on any atom is 0.573 e. The zero-order valence-electron chi connectivity index (χ0n) is 15.6. The fourth-order valence-corrected chi connectivity index (χ4v) is 3.31. The van der Waals surface area contributed by atoms with Crippen LogP contribution >= 0.6 is 11.3 Å². The van der Waals surface area contributed by atoms with Crippen LogP contribution in [-0.2, 0) is 4.79 Å². The lowest BCUT2D eigenvalue weighted by Crippen LogP contribution is -2.35. The SMILES string of the molecule is CN(CC(=O)Nc1ccc(OC(F)(F)F)cc1)C(=O)c1csc(-c2ccccc2)n1. The van der Waals surface area contributed by atoms with Crippen molar-refractivity contribution in [1.82, 2.24) is 9.88 Å². The van der Waals surface area contributed by atoms with Crippen molar-refractivity contribution >= 4 is 28.8 Å². The van der Waals surface area contributed by atoms with Crippen LogP contribution in [0, 0.1) is 0 Å². The molecule has 0 unspecified atom stereocenters. The second kappa shape index (κ2) is 8.95. The highest BCUT2D eigenvalue weighted by Gasteiger charge is 2.31. The van der Waals surface area contributed by atoms with Gasteiger partial charge in [0.15, 0.2) is 0 Å². The molecule has 0 bridgehead atoms. The molecule has 156 valence electrons. The lowest BCUT2D eigenvalue weighted by molar-refractivity contribution is -0.274. The third-order valence-corrected chi connectivity index (χ3v) is 4.73. The first-order chi connectivity index (χ1) is 14.2. The molecule has 0 aliphatic carbocycles. The van der Waals surface area contributed by atoms with Crippen LogP contribution in [0.3, 0.4) is 0 Å². The number of anilines is 1. The number of nitrogens with one attached hydrogen (secondary N) is 1. The minimum absolute atomic E-state index is 0.225. The summed E-state index contributed by atoms with van der Waals surface area (Å²) in [6, 6.07) is 14.1. The summed E-state index contributed by atoms with van der Waals surface area (Å²) in [5, 5.41) is 4.83. The van der Waals surface area contributed by atoms with Gasteiger partial charge < -0.3 is 15.0 Å². The molecule has 0 atom stereocenters. The van der Waals surface area contributed by atoms with Gasteiger partial charge in [-0.2, -0.15) is 0 Å². The number of hydrogen-bond donors (Lipinski definition) is 1. The number of ether oxygens (including phenoxy) is 1. The van der Waals surface area contributed by atoms with Crippen molar-refractivity contribution in [2.75, 3.05) is 18.9 Å². The second-order valence-corrected chi connectivity index (χ2v) is 7.04. The number of hydrogen-bond acceptors (Lipinski definition) is 5. The number of carbonyl (C=O) groups excluding carboxylic acids is 2. The van der Waals surface area contributed by atoms with Gasteiger partial charge in [-0.05, 0) is 24.3 Å². The van der Waals surface area contributed by atoms with E-state index >= 15 is 0 Å². The third-order valence-electron chi connectivity index (χ3n) is 3.84. The number of rotatable bonds is 6. The van der Waals surface area contributed by atoms with Gasteiger partial charge >= 0.3 is 6.36 Å². The van der Waals surface area contributed by atoms with E-state index in [1.165, 1.54) is 35.4 Å². The minimum Gasteiger partial charge on any atom is -0.406 e. The average molecular weight is 435 g/mol. The van der Waals surface area contributed by atoms with E-state index in [-0.39, 0.29) is 17.9 Å². The Bertz CT molecular complexity index is 1020. The summed E-state index contributed by atoms with van der Waals surface area (Å²) < 4.78 is 40.3. The Hall–Kier alpha value is -3.40. The molecule has 1 heterocycles. The van der Waals surface area contributed by atoms with Gasteiger partial charge in [-0.15, -0.1) is 24.5 Å². The summed E-state index contributed by atoms with van der Waals surface area (Å²) in [6.45, 7) is -0.252. The van der Waals surface area contributed by atoms with E-state index in [1.807, 2.05) is 30.3 Å². The Morgan fingerprint density at radius 1 is 1.10 bits per heavy atom. The van der Waals surface area contributed by atoms with E-state index in [4.69, 9.17) is 0 Å². The van der Waals surface area contributed by atoms with Gasteiger partial charge in [0.25, 0.3) is 5.91 Å². The van der Waals surface area contributed by atoms with Crippen LogP contribution in [0.5, 0.6) is 5.75 Å². The first-order valence-electron chi connectivity index (χ1n) is 8.63. The summed E-state index contributed by atoms with van der Waals surface area (Å²) in [5.41, 5.74) is 1.39. The van der Waals surface area contributed by atoms with E-state index in [0.717, 1.165) is 17.7 Å². The molecule has 2 aromatic carbocycles. The number of aromatic nitrogens is 1. The Morgan fingerprint density at radius 3 is 2.40 bits per heavy atom. The number of nitrogens with zero attached hydrogens (tertiary/aromatic N) is 2. The van der Waals surface area contributed by atoms with Crippen LogP contribution in [0.2, 0.25) is 0 Å². The van der Waals surface area contributed by atoms with Gasteiger partial charge in [0, 0.05) is 23.7 Å². The molecule has 0 saturated carbocycles. The first-order valence-corrected chi connectivity index (χ1v) is 9.51. The predicted molar refractivity (Wildman–Crippen MR) is 106 cm³/mol. The van der Waals surface area contributed by atoms with Crippen LogP contribution < -0.4 is 10.1 Å². The number of amides is 2. The largest absolute Gasteiger partial charge is 0.573 e. The van der Waals surface area contributed by atoms with E-state index in [2.05, 4.69) is 15.0 Å². The monoisotopic (exact) mass is 435 g/mol. The van der Waals surface area contributed by atoms with Crippen molar-refractivity contribution in [2.45, 2.75) is 6.36 Å². The molecule has 1 N–H and O–H groups in total. The quantitative estimate of drug-likeness (QED) is 0.622. The number of likely N-dealkylation sites (N-methyl/N-ethyl adjacent to an activating group) is 1. The van der Waals surface area contributed by atoms with Gasteiger partial charge in [-0.1, -0.05) is 30.3 Å². The molecule has 3 rings (SSSR count). The lowest BCUT2D eigenvalue weighted by atomic mass is 10.2. The van der Waals surface area contributed by atoms with E-state index < -0.39 is 23.9 Å². The Kier molecular flexibility index (Phi) is 6.36. The van der Waals surface area contributed by atoms with Gasteiger partial charge in [0.2, 0.25) is 5.91 Å². The number of halogens is 3. The summed E-state index contributed by atoms with van der Waals surface area (Å²) in [6.07, 6.45) is -4.79. The van der Waals surface area contributed by atoms with Crippen molar-refractivity contribution in [3.63, 3.8) is 0 Å². The average Bonchev–Trinajstić information content (AvgIpc) is 3.18. The first kappa shape index (κ1) is 21.3. The molecule has 0 saturated heterocycles. The standard InChI is InChI=1S/C20H16F3N3O3S/c1-26(19(28)16-12-30-18(25-16)13-5-3-2-4-6-13)11-17(27)24-14-7-9-15(10-8-14)29-20(21,22)23/h2-10,12H,11H2,1H3,(H,24,27). The molecule has 0 aliphatic heterocycles. The molecule has 0 spiro atoms. The molecule has 0 aliphatic rings. The van der Waals surface area contributed by atoms with Crippen molar-refractivity contribution < 1.29 is 27.5 Å². The number of thiazole rings is 1. The highest BCUT2D eigenvalue weighted by molar-refractivity contribution is 7.13. The van der Waals surface area contributed by atoms with Crippen LogP contribution in [0.4, 0.5) is 18.9 Å². The fourth-order valence-electron chi connectivity index (χ4n) is 2.51. The third kappa shape index (κ3) is 5.80. The lowest BCUT2D eigenvalue weighted by Gasteiger charge is -2.16. The van der Waals surface area contributed by atoms with Crippen molar-refractivity contribution in [1.29, 1.82) is 0 Å². The van der Waals surface area contributed by atoms with Crippen molar-refractivity contribution in [2.24, 2.45) is 0 Å². The Balaban J connectivity index is 1.56. The molecular weight excluding hydrogens is 419 g/mol. The number of carbonyl (C=O) groups is 2. The van der Waals surface area contributed by atoms with Gasteiger partial charge in [0.05, 0.1) is 6.54 Å². The van der Waals surface area contributed by atoms with E-state index in [9.17, 15) is 22.8 Å². The minimum atomic E-state index is -4.79. The van der Waals surface area contributed by atoms with Crippen LogP contribution in [0.25, 0.3) is 10.6 Å². The summed E-state index contributed by atoms with van der Waals surface area (Å²) in [7, 11) is 1.46. The van der Waals surface area contributed by atoms with Crippen LogP contribution in [0.1, 0.15) is 10.5 Å². The van der Waals surface area contributed by atoms with Crippen molar-refractivity contribution in [3.8, 4) is 16.3 Å². The summed E-state index contributed by atoms with van der Waals surface area (Å²) in [4.78, 5) is 30.2. The zero-order chi connectivity index (χ0) is 21.7. The van der Waals surface area contributed by atoms with E-state index in [0.29, 0.717) is 5.01 Å². The smallest absolute Gasteiger partial charge is 0.406 e. The highest BCUT2D eigenvalue weighted by atomic mass is 32.1. The topological polar surface area (TPSA) is 71.5 Å². The molecule has 2 amide bonds. The summed E-state index contributed by atoms with van der Waals surface area (Å²) >= 11 is 1.32. The van der Waals surface area contributed by atoms with Gasteiger partial charge in [-0.25, -0.2) is 4.98 Å². The van der Waals surface area contributed by atoms with Crippen molar-refractivity contribution in [3.05, 3.63) is 65.7 Å². The number of alkyl halides is 3. The molecule has 10 heteroatoms. The molecule has 0 radical (unpaired) electrons. The number of benzene rings is 2. The Morgan fingerprint density at radius 2 is 1.77 bits per heavy atom. The molecular formula is C20H16F3N3O3S. The van der Waals surface area contributed by atoms with Gasteiger partial charge in [0.1, 0.15) is 16.5 Å². The fraction of sp³-hybridized carbons (Fsp3) is 0.150. The summed E-state index contributed by atoms with van der Waals surface area (Å²) in [5.74, 6) is -1.32. The zero-order valence-corrected chi connectivity index (χ0v) is 16.5. The maximum absolute atomic E-state index is 12.5. The van der Waals surface area contributed by atoms with Crippen LogP contribution in [0.15, 0.2) is 60.0 Å². The molecule has 0 fully saturated rings. The Labute approximate surface area is 173 Å². The molecule has 30 heavy (non-hydrogen) atoms. The van der Waals surface area contributed by atoms with E-state index in [1.54, 1.807) is 5.38 Å². The van der Waals surface area contributed by atoms with Gasteiger partial charge in [-0.3, -0.25) is 9.59 Å². The predicted octanol–water partition coefficient (Wildman–Crippen LogP) is 4.42. The molecule has 3 aromatic rings.